The number of nitrogens with one attached hydrogen (secondary N) is 1. The van der Waals surface area contributed by atoms with Crippen LogP contribution < -0.4 is 5.32 Å². The van der Waals surface area contributed by atoms with E-state index in [1.165, 1.54) is 24.9 Å². The van der Waals surface area contributed by atoms with Gasteiger partial charge in [0.25, 0.3) is 0 Å². The Labute approximate surface area is 148 Å². The fraction of sp³-hybridized carbons (Fsp3) is 0.579. The molecule has 0 aromatic carbocycles. The highest BCUT2D eigenvalue weighted by Gasteiger charge is 2.24. The van der Waals surface area contributed by atoms with Crippen LogP contribution in [0.25, 0.3) is 0 Å². The first kappa shape index (κ1) is 18.5. The van der Waals surface area contributed by atoms with Crippen molar-refractivity contribution >= 4 is 28.9 Å². The van der Waals surface area contributed by atoms with Gasteiger partial charge in [0.15, 0.2) is 0 Å². The fourth-order valence-corrected chi connectivity index (χ4v) is 3.52. The van der Waals surface area contributed by atoms with E-state index >= 15 is 0 Å². The van der Waals surface area contributed by atoms with Gasteiger partial charge in [-0.05, 0) is 39.7 Å². The molecular weight excluding hydrogens is 322 g/mol. The van der Waals surface area contributed by atoms with Crippen molar-refractivity contribution in [3.8, 4) is 11.8 Å². The van der Waals surface area contributed by atoms with Gasteiger partial charge in [-0.15, -0.1) is 11.3 Å². The number of ether oxygens (including phenoxy) is 1. The molecule has 1 aromatic heterocycles. The van der Waals surface area contributed by atoms with Gasteiger partial charge < -0.3 is 10.1 Å². The molecule has 4 nitrogen and oxygen atoms in total. The summed E-state index contributed by atoms with van der Waals surface area (Å²) in [6, 6.07) is 1.77. The number of esters is 1. The molecular formula is C19H25NO3S. The number of carbonyl (C=O) groups is 2. The summed E-state index contributed by atoms with van der Waals surface area (Å²) in [5.74, 6) is 5.82. The summed E-state index contributed by atoms with van der Waals surface area (Å²) in [5.41, 5.74) is 0.390. The van der Waals surface area contributed by atoms with Crippen molar-refractivity contribution in [3.05, 3.63) is 15.8 Å². The van der Waals surface area contributed by atoms with E-state index in [9.17, 15) is 9.59 Å². The van der Waals surface area contributed by atoms with Gasteiger partial charge in [0.2, 0.25) is 5.91 Å². The number of amides is 1. The largest absolute Gasteiger partial charge is 0.465 e. The molecule has 1 N–H and O–H groups in total. The molecule has 5 heteroatoms. The third-order valence-corrected chi connectivity index (χ3v) is 4.93. The van der Waals surface area contributed by atoms with Crippen molar-refractivity contribution in [1.29, 1.82) is 0 Å². The molecule has 0 bridgehead atoms. The van der Waals surface area contributed by atoms with Crippen molar-refractivity contribution in [2.24, 2.45) is 11.3 Å². The fourth-order valence-electron chi connectivity index (χ4n) is 2.64. The van der Waals surface area contributed by atoms with Crippen molar-refractivity contribution in [3.63, 3.8) is 0 Å². The Morgan fingerprint density at radius 1 is 1.25 bits per heavy atom. The lowest BCUT2D eigenvalue weighted by Crippen LogP contribution is -2.25. The first-order chi connectivity index (χ1) is 11.3. The topological polar surface area (TPSA) is 55.4 Å². The smallest absolute Gasteiger partial charge is 0.350 e. The Hall–Kier alpha value is -1.80. The average molecular weight is 347 g/mol. The molecule has 1 heterocycles. The monoisotopic (exact) mass is 347 g/mol. The molecule has 0 saturated heterocycles. The molecule has 1 aromatic rings. The predicted octanol–water partition coefficient (Wildman–Crippen LogP) is 4.45. The second-order valence-electron chi connectivity index (χ2n) is 7.17. The predicted molar refractivity (Wildman–Crippen MR) is 97.2 cm³/mol. The quantitative estimate of drug-likeness (QED) is 0.649. The zero-order valence-electron chi connectivity index (χ0n) is 14.8. The third-order valence-electron chi connectivity index (χ3n) is 3.90. The summed E-state index contributed by atoms with van der Waals surface area (Å²) in [6.07, 6.45) is 5.21. The van der Waals surface area contributed by atoms with Gasteiger partial charge in [-0.25, -0.2) is 4.79 Å². The van der Waals surface area contributed by atoms with Crippen LogP contribution in [0.5, 0.6) is 0 Å². The first-order valence-corrected chi connectivity index (χ1v) is 9.18. The summed E-state index contributed by atoms with van der Waals surface area (Å²) in [4.78, 5) is 25.6. The standard InChI is InChI=1S/C19H25NO3S/c1-19(2,3)11-10-14-12-15(16(24-14)18(22)23-4)20-17(21)13-8-6-5-7-9-13/h12-13H,5-9H2,1-4H3,(H,20,21). The number of hydrogen-bond acceptors (Lipinski definition) is 4. The maximum absolute atomic E-state index is 12.5. The van der Waals surface area contributed by atoms with Gasteiger partial charge in [-0.1, -0.05) is 31.1 Å². The minimum absolute atomic E-state index is 0.00650. The van der Waals surface area contributed by atoms with Crippen LogP contribution in [-0.2, 0) is 9.53 Å². The van der Waals surface area contributed by atoms with Crippen molar-refractivity contribution in [2.45, 2.75) is 52.9 Å². The summed E-state index contributed by atoms with van der Waals surface area (Å²) in [6.45, 7) is 6.09. The second kappa shape index (κ2) is 7.85. The van der Waals surface area contributed by atoms with E-state index in [4.69, 9.17) is 4.74 Å². The number of rotatable bonds is 3. The van der Waals surface area contributed by atoms with E-state index in [0.717, 1.165) is 30.6 Å². The lowest BCUT2D eigenvalue weighted by molar-refractivity contribution is -0.120. The summed E-state index contributed by atoms with van der Waals surface area (Å²) in [7, 11) is 1.34. The minimum atomic E-state index is -0.442. The lowest BCUT2D eigenvalue weighted by atomic mass is 9.88. The highest BCUT2D eigenvalue weighted by molar-refractivity contribution is 7.15. The maximum Gasteiger partial charge on any atom is 0.350 e. The summed E-state index contributed by atoms with van der Waals surface area (Å²) >= 11 is 1.26. The zero-order chi connectivity index (χ0) is 17.7. The van der Waals surface area contributed by atoms with E-state index in [1.807, 2.05) is 20.8 Å². The third kappa shape index (κ3) is 5.10. The molecule has 0 spiro atoms. The molecule has 0 unspecified atom stereocenters. The lowest BCUT2D eigenvalue weighted by Gasteiger charge is -2.20. The summed E-state index contributed by atoms with van der Waals surface area (Å²) in [5, 5.41) is 2.92. The number of methoxy groups -OCH3 is 1. The summed E-state index contributed by atoms with van der Waals surface area (Å²) < 4.78 is 4.83. The molecule has 24 heavy (non-hydrogen) atoms. The van der Waals surface area contributed by atoms with Gasteiger partial charge >= 0.3 is 5.97 Å². The number of hydrogen-bond donors (Lipinski definition) is 1. The molecule has 0 radical (unpaired) electrons. The van der Waals surface area contributed by atoms with Crippen LogP contribution in [0.1, 0.15) is 67.4 Å². The zero-order valence-corrected chi connectivity index (χ0v) is 15.6. The minimum Gasteiger partial charge on any atom is -0.465 e. The van der Waals surface area contributed by atoms with Crippen molar-refractivity contribution in [1.82, 2.24) is 0 Å². The second-order valence-corrected chi connectivity index (χ2v) is 8.22. The van der Waals surface area contributed by atoms with E-state index in [-0.39, 0.29) is 17.2 Å². The van der Waals surface area contributed by atoms with E-state index < -0.39 is 5.97 Å². The van der Waals surface area contributed by atoms with Gasteiger partial charge in [-0.2, -0.15) is 0 Å². The SMILES string of the molecule is COC(=O)c1sc(C#CC(C)(C)C)cc1NC(=O)C1CCCCC1. The van der Waals surface area contributed by atoms with Gasteiger partial charge in [0.05, 0.1) is 17.7 Å². The Bertz CT molecular complexity index is 667. The van der Waals surface area contributed by atoms with E-state index in [0.29, 0.717) is 10.6 Å². The van der Waals surface area contributed by atoms with Crippen LogP contribution in [0.3, 0.4) is 0 Å². The Morgan fingerprint density at radius 3 is 2.50 bits per heavy atom. The molecule has 1 aliphatic rings. The molecule has 1 aliphatic carbocycles. The number of anilines is 1. The molecule has 0 aliphatic heterocycles. The molecule has 1 saturated carbocycles. The van der Waals surface area contributed by atoms with E-state index in [2.05, 4.69) is 17.2 Å². The first-order valence-electron chi connectivity index (χ1n) is 8.36. The highest BCUT2D eigenvalue weighted by Crippen LogP contribution is 2.30. The van der Waals surface area contributed by atoms with E-state index in [1.54, 1.807) is 6.07 Å². The Kier molecular flexibility index (Phi) is 6.06. The Balaban J connectivity index is 2.22. The molecule has 130 valence electrons. The van der Waals surface area contributed by atoms with Crippen molar-refractivity contribution in [2.75, 3.05) is 12.4 Å². The number of carbonyl (C=O) groups excluding carboxylic acids is 2. The van der Waals surface area contributed by atoms with Crippen molar-refractivity contribution < 1.29 is 14.3 Å². The molecule has 2 rings (SSSR count). The average Bonchev–Trinajstić information content (AvgIpc) is 2.95. The molecule has 0 atom stereocenters. The van der Waals surface area contributed by atoms with Crippen LogP contribution in [-0.4, -0.2) is 19.0 Å². The van der Waals surface area contributed by atoms with Crippen LogP contribution in [0, 0.1) is 23.2 Å². The maximum atomic E-state index is 12.5. The molecule has 1 amide bonds. The Morgan fingerprint density at radius 2 is 1.92 bits per heavy atom. The van der Waals surface area contributed by atoms with Crippen LogP contribution in [0.2, 0.25) is 0 Å². The molecule has 1 fully saturated rings. The van der Waals surface area contributed by atoms with Crippen LogP contribution in [0.4, 0.5) is 5.69 Å². The van der Waals surface area contributed by atoms with Crippen LogP contribution >= 0.6 is 11.3 Å². The van der Waals surface area contributed by atoms with Crippen LogP contribution in [0.15, 0.2) is 6.07 Å². The van der Waals surface area contributed by atoms with Gasteiger partial charge in [0, 0.05) is 11.3 Å². The van der Waals surface area contributed by atoms with Gasteiger partial charge in [0.1, 0.15) is 4.88 Å². The van der Waals surface area contributed by atoms with Gasteiger partial charge in [-0.3, -0.25) is 4.79 Å². The number of thiophene rings is 1. The normalized spacial score (nSPS) is 15.3. The highest BCUT2D eigenvalue weighted by atomic mass is 32.1.